The molecule has 0 unspecified atom stereocenters. The van der Waals surface area contributed by atoms with Crippen molar-refractivity contribution in [3.05, 3.63) is 71.9 Å². The third-order valence-corrected chi connectivity index (χ3v) is 6.26. The number of benzene rings is 2. The number of para-hydroxylation sites is 1. The summed E-state index contributed by atoms with van der Waals surface area (Å²) in [6, 6.07) is 18.8. The average molecular weight is 399 g/mol. The molecule has 0 atom stereocenters. The summed E-state index contributed by atoms with van der Waals surface area (Å²) >= 11 is 0. The molecule has 1 N–H and O–H groups in total. The number of sulfonamides is 1. The zero-order valence-electron chi connectivity index (χ0n) is 16.1. The maximum absolute atomic E-state index is 13.2. The van der Waals surface area contributed by atoms with Gasteiger partial charge in [0.1, 0.15) is 23.0 Å². The Morgan fingerprint density at radius 1 is 1.07 bits per heavy atom. The molecule has 2 aromatic carbocycles. The van der Waals surface area contributed by atoms with E-state index in [1.165, 1.54) is 0 Å². The first kappa shape index (κ1) is 19.9. The Morgan fingerprint density at radius 2 is 1.75 bits per heavy atom. The van der Waals surface area contributed by atoms with Crippen molar-refractivity contribution in [1.29, 1.82) is 0 Å². The molecule has 0 fully saturated rings. The molecular formula is C21H23N2O4S. The molecule has 0 aromatic heterocycles. The highest BCUT2D eigenvalue weighted by Crippen LogP contribution is 2.38. The second-order valence-corrected chi connectivity index (χ2v) is 9.04. The fraction of sp³-hybridized carbons (Fsp3) is 0.286. The number of amides is 1. The van der Waals surface area contributed by atoms with E-state index in [1.807, 2.05) is 12.1 Å². The highest BCUT2D eigenvalue weighted by molar-refractivity contribution is 7.99. The van der Waals surface area contributed by atoms with Gasteiger partial charge in [0.05, 0.1) is 5.54 Å². The summed E-state index contributed by atoms with van der Waals surface area (Å²) in [6.45, 7) is 5.62. The third kappa shape index (κ3) is 3.89. The molecule has 147 valence electrons. The lowest BCUT2D eigenvalue weighted by Gasteiger charge is -2.30. The van der Waals surface area contributed by atoms with Crippen LogP contribution in [0.15, 0.2) is 60.3 Å². The molecule has 6 nitrogen and oxygen atoms in total. The average Bonchev–Trinajstić information content (AvgIpc) is 2.85. The number of hydrogen-bond donors (Lipinski definition) is 1. The molecule has 0 spiro atoms. The van der Waals surface area contributed by atoms with Crippen LogP contribution in [-0.2, 0) is 14.8 Å². The molecule has 2 aromatic rings. The molecule has 0 saturated heterocycles. The maximum atomic E-state index is 13.2. The Labute approximate surface area is 165 Å². The fourth-order valence-electron chi connectivity index (χ4n) is 3.04. The minimum atomic E-state index is -3.97. The molecule has 3 rings (SSSR count). The van der Waals surface area contributed by atoms with Crippen molar-refractivity contribution in [2.75, 3.05) is 13.2 Å². The number of rotatable bonds is 6. The second kappa shape index (κ2) is 7.67. The van der Waals surface area contributed by atoms with E-state index in [0.29, 0.717) is 11.3 Å². The van der Waals surface area contributed by atoms with Gasteiger partial charge in [-0.3, -0.25) is 4.79 Å². The van der Waals surface area contributed by atoms with Crippen LogP contribution in [0.4, 0.5) is 0 Å². The van der Waals surface area contributed by atoms with Gasteiger partial charge in [0.15, 0.2) is 0 Å². The first-order valence-electron chi connectivity index (χ1n) is 8.96. The highest BCUT2D eigenvalue weighted by atomic mass is 32.2. The predicted molar refractivity (Wildman–Crippen MR) is 108 cm³/mol. The van der Waals surface area contributed by atoms with Gasteiger partial charge in [-0.05, 0) is 32.4 Å². The van der Waals surface area contributed by atoms with E-state index in [9.17, 15) is 13.2 Å². The lowest BCUT2D eigenvalue weighted by Crippen LogP contribution is -2.46. The van der Waals surface area contributed by atoms with Gasteiger partial charge in [-0.1, -0.05) is 48.5 Å². The molecule has 1 amide bonds. The van der Waals surface area contributed by atoms with E-state index in [0.717, 1.165) is 4.31 Å². The minimum absolute atomic E-state index is 0.000649. The molecule has 1 radical (unpaired) electrons. The maximum Gasteiger partial charge on any atom is 0.285 e. The van der Waals surface area contributed by atoms with Gasteiger partial charge in [-0.25, -0.2) is 12.7 Å². The van der Waals surface area contributed by atoms with Gasteiger partial charge in [0.2, 0.25) is 0 Å². The molecule has 7 heteroatoms. The van der Waals surface area contributed by atoms with Gasteiger partial charge < -0.3 is 10.1 Å². The van der Waals surface area contributed by atoms with Crippen LogP contribution in [0.2, 0.25) is 0 Å². The summed E-state index contributed by atoms with van der Waals surface area (Å²) in [7, 11) is -3.97. The van der Waals surface area contributed by atoms with Crippen molar-refractivity contribution in [3.63, 3.8) is 0 Å². The van der Waals surface area contributed by atoms with Crippen molar-refractivity contribution in [1.82, 2.24) is 9.62 Å². The van der Waals surface area contributed by atoms with Gasteiger partial charge in [0, 0.05) is 12.6 Å². The van der Waals surface area contributed by atoms with Crippen LogP contribution >= 0.6 is 0 Å². The van der Waals surface area contributed by atoms with Gasteiger partial charge in [-0.15, -0.1) is 0 Å². The molecule has 0 aliphatic carbocycles. The molecule has 1 aliphatic rings. The van der Waals surface area contributed by atoms with Crippen LogP contribution < -0.4 is 10.1 Å². The van der Waals surface area contributed by atoms with E-state index in [2.05, 4.69) is 11.4 Å². The zero-order chi connectivity index (χ0) is 20.4. The van der Waals surface area contributed by atoms with Crippen LogP contribution in [0.1, 0.15) is 26.3 Å². The summed E-state index contributed by atoms with van der Waals surface area (Å²) in [5.74, 6) is 0.0286. The molecular weight excluding hydrogens is 376 g/mol. The quantitative estimate of drug-likeness (QED) is 0.756. The zero-order valence-corrected chi connectivity index (χ0v) is 16.9. The number of hydrogen-bond acceptors (Lipinski definition) is 5. The second-order valence-electron chi connectivity index (χ2n) is 7.32. The van der Waals surface area contributed by atoms with Crippen molar-refractivity contribution in [2.24, 2.45) is 0 Å². The van der Waals surface area contributed by atoms with Crippen LogP contribution in [0, 0.1) is 6.07 Å². The summed E-state index contributed by atoms with van der Waals surface area (Å²) in [5, 5.41) is 2.98. The first-order valence-corrected chi connectivity index (χ1v) is 10.4. The number of nitrogens with one attached hydrogen (secondary N) is 1. The predicted octanol–water partition coefficient (Wildman–Crippen LogP) is 2.79. The van der Waals surface area contributed by atoms with E-state index in [4.69, 9.17) is 4.74 Å². The van der Waals surface area contributed by atoms with Crippen LogP contribution in [0.3, 0.4) is 0 Å². The Morgan fingerprint density at radius 3 is 2.36 bits per heavy atom. The monoisotopic (exact) mass is 399 g/mol. The van der Waals surface area contributed by atoms with E-state index < -0.39 is 21.5 Å². The van der Waals surface area contributed by atoms with Crippen molar-refractivity contribution in [2.45, 2.75) is 26.3 Å². The minimum Gasteiger partial charge on any atom is -0.491 e. The fourth-order valence-corrected chi connectivity index (χ4v) is 5.10. The van der Waals surface area contributed by atoms with E-state index in [1.54, 1.807) is 63.2 Å². The Bertz CT molecular complexity index is 978. The SMILES string of the molecule is CC(C)(C)N1C(=O)C(NCCOc2[c]cccc2)=C(c2ccccc2)S1(=O)=O. The topological polar surface area (TPSA) is 75.7 Å². The van der Waals surface area contributed by atoms with Crippen molar-refractivity contribution >= 4 is 20.8 Å². The molecule has 0 saturated carbocycles. The molecule has 0 bridgehead atoms. The van der Waals surface area contributed by atoms with Gasteiger partial charge in [0.25, 0.3) is 15.9 Å². The van der Waals surface area contributed by atoms with Crippen LogP contribution in [-0.4, -0.2) is 37.3 Å². The summed E-state index contributed by atoms with van der Waals surface area (Å²) in [6.07, 6.45) is 0. The summed E-state index contributed by atoms with van der Waals surface area (Å²) in [4.78, 5) is 13.0. The smallest absolute Gasteiger partial charge is 0.285 e. The van der Waals surface area contributed by atoms with Crippen LogP contribution in [0.5, 0.6) is 5.75 Å². The van der Waals surface area contributed by atoms with Crippen molar-refractivity contribution < 1.29 is 17.9 Å². The third-order valence-electron chi connectivity index (χ3n) is 4.11. The molecule has 1 aliphatic heterocycles. The van der Waals surface area contributed by atoms with Crippen LogP contribution in [0.25, 0.3) is 4.91 Å². The first-order chi connectivity index (χ1) is 13.2. The normalized spacial score (nSPS) is 16.4. The summed E-state index contributed by atoms with van der Waals surface area (Å²) in [5.41, 5.74) is -0.335. The molecule has 28 heavy (non-hydrogen) atoms. The Kier molecular flexibility index (Phi) is 5.47. The number of ether oxygens (including phenoxy) is 1. The Hall–Kier alpha value is -2.80. The lowest BCUT2D eigenvalue weighted by molar-refractivity contribution is -0.125. The van der Waals surface area contributed by atoms with Crippen molar-refractivity contribution in [3.8, 4) is 5.75 Å². The van der Waals surface area contributed by atoms with E-state index in [-0.39, 0.29) is 23.8 Å². The summed E-state index contributed by atoms with van der Waals surface area (Å²) < 4.78 is 32.9. The molecule has 1 heterocycles. The largest absolute Gasteiger partial charge is 0.491 e. The number of carbonyl (C=O) groups excluding carboxylic acids is 1. The van der Waals surface area contributed by atoms with Gasteiger partial charge in [-0.2, -0.15) is 0 Å². The number of nitrogens with zero attached hydrogens (tertiary/aromatic N) is 1. The lowest BCUT2D eigenvalue weighted by atomic mass is 10.1. The number of carbonyl (C=O) groups is 1. The van der Waals surface area contributed by atoms with E-state index >= 15 is 0 Å². The van der Waals surface area contributed by atoms with Gasteiger partial charge >= 0.3 is 0 Å². The Balaban J connectivity index is 1.88. The standard InChI is InChI=1S/C21H23N2O4S/c1-21(2,3)23-20(24)18(22-14-15-27-17-12-8-5-9-13-17)19(28(23,25)26)16-10-6-4-7-11-16/h4-12,22H,14-15H2,1-3H3. The highest BCUT2D eigenvalue weighted by Gasteiger charge is 2.49.